The second kappa shape index (κ2) is 8.48. The van der Waals surface area contributed by atoms with Crippen LogP contribution in [0.4, 0.5) is 0 Å². The number of nitrogens with zero attached hydrogens (tertiary/aromatic N) is 4. The van der Waals surface area contributed by atoms with Crippen LogP contribution in [0, 0.1) is 6.92 Å². The van der Waals surface area contributed by atoms with Crippen LogP contribution in [-0.2, 0) is 19.3 Å². The van der Waals surface area contributed by atoms with Crippen molar-refractivity contribution in [2.75, 3.05) is 19.6 Å². The van der Waals surface area contributed by atoms with Crippen LogP contribution in [0.2, 0.25) is 0 Å². The lowest BCUT2D eigenvalue weighted by molar-refractivity contribution is 0.0947. The molecule has 0 atom stereocenters. The van der Waals surface area contributed by atoms with Crippen LogP contribution in [0.5, 0.6) is 0 Å². The lowest BCUT2D eigenvalue weighted by Gasteiger charge is -2.23. The molecule has 2 aromatic rings. The monoisotopic (exact) mass is 388 g/mol. The fraction of sp³-hybridized carbons (Fsp3) is 0.684. The van der Waals surface area contributed by atoms with Gasteiger partial charge in [0.2, 0.25) is 0 Å². The minimum atomic E-state index is -0.119. The molecular weight excluding hydrogens is 360 g/mol. The van der Waals surface area contributed by atoms with Gasteiger partial charge in [0.15, 0.2) is 5.69 Å². The standard InChI is InChI=1S/C19H28N6OS/c1-13-18(23-24-25(13)14-8-11-20-12-9-14)19(26)21-10-4-7-17-22-15-5-2-3-6-16(15)27-17/h14,20H,2-12H2,1H3,(H,21,26). The van der Waals surface area contributed by atoms with Crippen molar-refractivity contribution in [3.05, 3.63) is 27.0 Å². The van der Waals surface area contributed by atoms with Gasteiger partial charge in [0.05, 0.1) is 22.4 Å². The topological polar surface area (TPSA) is 84.7 Å². The summed E-state index contributed by atoms with van der Waals surface area (Å²) >= 11 is 1.86. The van der Waals surface area contributed by atoms with Gasteiger partial charge in [-0.15, -0.1) is 16.4 Å². The van der Waals surface area contributed by atoms with Gasteiger partial charge in [0.25, 0.3) is 5.91 Å². The van der Waals surface area contributed by atoms with E-state index in [0.717, 1.165) is 50.9 Å². The average Bonchev–Trinajstić information content (AvgIpc) is 3.29. The molecule has 2 aromatic heterocycles. The summed E-state index contributed by atoms with van der Waals surface area (Å²) in [7, 11) is 0. The number of fused-ring (bicyclic) bond motifs is 1. The number of piperidine rings is 1. The third-order valence-electron chi connectivity index (χ3n) is 5.54. The number of rotatable bonds is 6. The van der Waals surface area contributed by atoms with E-state index in [1.807, 2.05) is 22.9 Å². The Morgan fingerprint density at radius 2 is 2.11 bits per heavy atom. The highest BCUT2D eigenvalue weighted by Gasteiger charge is 2.22. The van der Waals surface area contributed by atoms with Gasteiger partial charge in [0.1, 0.15) is 0 Å². The summed E-state index contributed by atoms with van der Waals surface area (Å²) < 4.78 is 1.93. The maximum Gasteiger partial charge on any atom is 0.273 e. The van der Waals surface area contributed by atoms with Crippen molar-refractivity contribution >= 4 is 17.2 Å². The maximum atomic E-state index is 12.5. The Morgan fingerprint density at radius 1 is 1.30 bits per heavy atom. The highest BCUT2D eigenvalue weighted by atomic mass is 32.1. The minimum Gasteiger partial charge on any atom is -0.351 e. The molecule has 1 saturated heterocycles. The summed E-state index contributed by atoms with van der Waals surface area (Å²) in [5.74, 6) is -0.119. The Labute approximate surface area is 164 Å². The number of amides is 1. The summed E-state index contributed by atoms with van der Waals surface area (Å²) in [5.41, 5.74) is 2.64. The highest BCUT2D eigenvalue weighted by Crippen LogP contribution is 2.27. The summed E-state index contributed by atoms with van der Waals surface area (Å²) in [6.45, 7) is 4.57. The van der Waals surface area contributed by atoms with Crippen LogP contribution in [-0.4, -0.2) is 45.5 Å². The first-order valence-corrected chi connectivity index (χ1v) is 10.9. The van der Waals surface area contributed by atoms with Gasteiger partial charge in [-0.3, -0.25) is 4.79 Å². The van der Waals surface area contributed by atoms with E-state index < -0.39 is 0 Å². The van der Waals surface area contributed by atoms with Gasteiger partial charge in [0, 0.05) is 17.8 Å². The number of carbonyl (C=O) groups excluding carboxylic acids is 1. The summed E-state index contributed by atoms with van der Waals surface area (Å²) in [4.78, 5) is 18.7. The first-order valence-electron chi connectivity index (χ1n) is 10.1. The summed E-state index contributed by atoms with van der Waals surface area (Å²) in [5, 5.41) is 15.9. The molecule has 0 radical (unpaired) electrons. The van der Waals surface area contributed by atoms with E-state index in [0.29, 0.717) is 18.3 Å². The third-order valence-corrected chi connectivity index (χ3v) is 6.76. The molecule has 2 N–H and O–H groups in total. The molecule has 1 fully saturated rings. The van der Waals surface area contributed by atoms with Gasteiger partial charge in [-0.2, -0.15) is 0 Å². The van der Waals surface area contributed by atoms with Crippen molar-refractivity contribution in [1.82, 2.24) is 30.6 Å². The molecule has 0 saturated carbocycles. The Hall–Kier alpha value is -1.80. The van der Waals surface area contributed by atoms with E-state index in [4.69, 9.17) is 4.98 Å². The molecule has 0 spiro atoms. The Kier molecular flexibility index (Phi) is 5.83. The van der Waals surface area contributed by atoms with Gasteiger partial charge in [-0.05, 0) is 65.0 Å². The summed E-state index contributed by atoms with van der Waals surface area (Å²) in [6.07, 6.45) is 8.78. The molecule has 1 aliphatic carbocycles. The Balaban J connectivity index is 1.27. The van der Waals surface area contributed by atoms with Gasteiger partial charge < -0.3 is 10.6 Å². The fourth-order valence-electron chi connectivity index (χ4n) is 3.99. The quantitative estimate of drug-likeness (QED) is 0.741. The van der Waals surface area contributed by atoms with Gasteiger partial charge in [-0.1, -0.05) is 5.21 Å². The number of hydrogen-bond acceptors (Lipinski definition) is 6. The molecule has 27 heavy (non-hydrogen) atoms. The van der Waals surface area contributed by atoms with Crippen LogP contribution >= 0.6 is 11.3 Å². The van der Waals surface area contributed by atoms with Crippen LogP contribution in [0.1, 0.15) is 69.9 Å². The molecule has 8 heteroatoms. The van der Waals surface area contributed by atoms with Crippen molar-refractivity contribution in [2.24, 2.45) is 0 Å². The summed E-state index contributed by atoms with van der Waals surface area (Å²) in [6, 6.07) is 0.344. The Bertz CT molecular complexity index is 769. The number of nitrogens with one attached hydrogen (secondary N) is 2. The van der Waals surface area contributed by atoms with E-state index in [-0.39, 0.29) is 5.91 Å². The highest BCUT2D eigenvalue weighted by molar-refractivity contribution is 7.11. The number of aromatic nitrogens is 4. The van der Waals surface area contributed by atoms with Crippen LogP contribution in [0.25, 0.3) is 0 Å². The minimum absolute atomic E-state index is 0.119. The van der Waals surface area contributed by atoms with E-state index in [1.54, 1.807) is 0 Å². The number of carbonyl (C=O) groups is 1. The zero-order valence-corrected chi connectivity index (χ0v) is 16.8. The second-order valence-electron chi connectivity index (χ2n) is 7.49. The first kappa shape index (κ1) is 18.6. The second-order valence-corrected chi connectivity index (χ2v) is 8.66. The molecule has 1 aliphatic heterocycles. The number of aryl methyl sites for hydroxylation is 3. The van der Waals surface area contributed by atoms with Crippen LogP contribution in [0.3, 0.4) is 0 Å². The fourth-order valence-corrected chi connectivity index (χ4v) is 5.18. The zero-order chi connectivity index (χ0) is 18.6. The maximum absolute atomic E-state index is 12.5. The molecule has 1 amide bonds. The normalized spacial score (nSPS) is 17.7. The molecule has 0 unspecified atom stereocenters. The molecule has 4 rings (SSSR count). The van der Waals surface area contributed by atoms with Crippen molar-refractivity contribution in [3.8, 4) is 0 Å². The van der Waals surface area contributed by atoms with Crippen molar-refractivity contribution in [1.29, 1.82) is 0 Å². The molecule has 0 bridgehead atoms. The molecule has 7 nitrogen and oxygen atoms in total. The predicted octanol–water partition coefficient (Wildman–Crippen LogP) is 2.21. The van der Waals surface area contributed by atoms with E-state index >= 15 is 0 Å². The van der Waals surface area contributed by atoms with E-state index in [9.17, 15) is 4.79 Å². The average molecular weight is 389 g/mol. The van der Waals surface area contributed by atoms with Crippen molar-refractivity contribution in [3.63, 3.8) is 0 Å². The molecule has 2 aliphatic rings. The first-order chi connectivity index (χ1) is 13.2. The van der Waals surface area contributed by atoms with Crippen LogP contribution in [0.15, 0.2) is 0 Å². The third kappa shape index (κ3) is 4.21. The lowest BCUT2D eigenvalue weighted by Crippen LogP contribution is -2.30. The van der Waals surface area contributed by atoms with Gasteiger partial charge >= 0.3 is 0 Å². The van der Waals surface area contributed by atoms with E-state index in [2.05, 4.69) is 20.9 Å². The number of hydrogen-bond donors (Lipinski definition) is 2. The lowest BCUT2D eigenvalue weighted by atomic mass is 10.0. The predicted molar refractivity (Wildman–Crippen MR) is 105 cm³/mol. The Morgan fingerprint density at radius 3 is 2.93 bits per heavy atom. The SMILES string of the molecule is Cc1c(C(=O)NCCCc2nc3c(s2)CCCC3)nnn1C1CCNCC1. The molecule has 0 aromatic carbocycles. The van der Waals surface area contributed by atoms with Crippen molar-refractivity contribution in [2.45, 2.75) is 64.3 Å². The van der Waals surface area contributed by atoms with Crippen LogP contribution < -0.4 is 10.6 Å². The largest absolute Gasteiger partial charge is 0.351 e. The number of thiazole rings is 1. The molecule has 146 valence electrons. The van der Waals surface area contributed by atoms with Crippen molar-refractivity contribution < 1.29 is 4.79 Å². The zero-order valence-electron chi connectivity index (χ0n) is 16.0. The smallest absolute Gasteiger partial charge is 0.273 e. The van der Waals surface area contributed by atoms with E-state index in [1.165, 1.54) is 34.8 Å². The molecule has 3 heterocycles. The molecular formula is C19H28N6OS. The van der Waals surface area contributed by atoms with Gasteiger partial charge in [-0.25, -0.2) is 9.67 Å².